The van der Waals surface area contributed by atoms with Crippen LogP contribution in [0.1, 0.15) is 32.1 Å². The summed E-state index contributed by atoms with van der Waals surface area (Å²) in [5.74, 6) is -1.09. The van der Waals surface area contributed by atoms with Crippen molar-refractivity contribution in [2.24, 2.45) is 0 Å². The highest BCUT2D eigenvalue weighted by atomic mass is 16.4. The van der Waals surface area contributed by atoms with E-state index in [1.807, 2.05) is 6.08 Å². The van der Waals surface area contributed by atoms with Crippen LogP contribution in [-0.4, -0.2) is 23.0 Å². The van der Waals surface area contributed by atoms with Crippen LogP contribution in [0, 0.1) is 0 Å². The molecule has 0 aliphatic heterocycles. The van der Waals surface area contributed by atoms with E-state index in [-0.39, 0.29) is 24.8 Å². The molecule has 0 spiro atoms. The van der Waals surface area contributed by atoms with Crippen molar-refractivity contribution in [3.05, 3.63) is 12.2 Å². The maximum absolute atomic E-state index is 11.2. The van der Waals surface area contributed by atoms with E-state index in [1.54, 1.807) is 0 Å². The van der Waals surface area contributed by atoms with Gasteiger partial charge in [-0.2, -0.15) is 0 Å². The van der Waals surface area contributed by atoms with Gasteiger partial charge in [0.1, 0.15) is 0 Å². The lowest BCUT2D eigenvalue weighted by Gasteiger charge is -2.18. The standard InChI is InChI=1S/C10H15NO3/c12-9(6-7-10(13)14)11-8-4-2-1-3-5-8/h1-2,8H,3-7H2,(H,11,12)(H,13,14). The largest absolute Gasteiger partial charge is 0.481 e. The molecule has 78 valence electrons. The van der Waals surface area contributed by atoms with E-state index in [2.05, 4.69) is 11.4 Å². The Bertz CT molecular complexity index is 248. The minimum Gasteiger partial charge on any atom is -0.481 e. The van der Waals surface area contributed by atoms with Gasteiger partial charge in [-0.25, -0.2) is 0 Å². The lowest BCUT2D eigenvalue weighted by Crippen LogP contribution is -2.35. The maximum Gasteiger partial charge on any atom is 0.303 e. The van der Waals surface area contributed by atoms with Gasteiger partial charge in [0.2, 0.25) is 5.91 Å². The Hall–Kier alpha value is -1.32. The molecule has 14 heavy (non-hydrogen) atoms. The van der Waals surface area contributed by atoms with Gasteiger partial charge < -0.3 is 10.4 Å². The molecule has 0 aromatic rings. The van der Waals surface area contributed by atoms with Gasteiger partial charge in [-0.15, -0.1) is 0 Å². The average molecular weight is 197 g/mol. The Balaban J connectivity index is 2.19. The molecule has 0 fully saturated rings. The second-order valence-electron chi connectivity index (χ2n) is 3.44. The summed E-state index contributed by atoms with van der Waals surface area (Å²) >= 11 is 0. The number of amides is 1. The first-order valence-corrected chi connectivity index (χ1v) is 4.84. The monoisotopic (exact) mass is 197 g/mol. The van der Waals surface area contributed by atoms with Crippen LogP contribution in [0.2, 0.25) is 0 Å². The Labute approximate surface area is 83.0 Å². The predicted molar refractivity (Wildman–Crippen MR) is 51.8 cm³/mol. The Morgan fingerprint density at radius 1 is 1.36 bits per heavy atom. The third-order valence-electron chi connectivity index (χ3n) is 2.20. The fraction of sp³-hybridized carbons (Fsp3) is 0.600. The molecule has 1 atom stereocenters. The normalized spacial score (nSPS) is 20.4. The topological polar surface area (TPSA) is 66.4 Å². The van der Waals surface area contributed by atoms with Crippen molar-refractivity contribution < 1.29 is 14.7 Å². The zero-order valence-electron chi connectivity index (χ0n) is 8.03. The molecular weight excluding hydrogens is 182 g/mol. The first kappa shape index (κ1) is 10.8. The molecule has 0 saturated heterocycles. The Morgan fingerprint density at radius 2 is 2.14 bits per heavy atom. The van der Waals surface area contributed by atoms with Gasteiger partial charge in [0.25, 0.3) is 0 Å². The lowest BCUT2D eigenvalue weighted by molar-refractivity contribution is -0.138. The summed E-state index contributed by atoms with van der Waals surface area (Å²) in [6, 6.07) is 0.196. The number of carbonyl (C=O) groups is 2. The molecular formula is C10H15NO3. The molecule has 4 heteroatoms. The van der Waals surface area contributed by atoms with Crippen LogP contribution in [0.4, 0.5) is 0 Å². The van der Waals surface area contributed by atoms with Gasteiger partial charge in [-0.1, -0.05) is 12.2 Å². The molecule has 0 aromatic carbocycles. The van der Waals surface area contributed by atoms with Crippen molar-refractivity contribution in [1.82, 2.24) is 5.32 Å². The van der Waals surface area contributed by atoms with Crippen molar-refractivity contribution in [2.45, 2.75) is 38.1 Å². The number of carboxylic acids is 1. The van der Waals surface area contributed by atoms with Crippen LogP contribution in [-0.2, 0) is 9.59 Å². The minimum atomic E-state index is -0.927. The van der Waals surface area contributed by atoms with E-state index >= 15 is 0 Å². The van der Waals surface area contributed by atoms with E-state index < -0.39 is 5.97 Å². The lowest BCUT2D eigenvalue weighted by atomic mass is 10.0. The summed E-state index contributed by atoms with van der Waals surface area (Å²) in [6.07, 6.45) is 6.94. The second kappa shape index (κ2) is 5.42. The molecule has 1 rings (SSSR count). The third-order valence-corrected chi connectivity index (χ3v) is 2.20. The van der Waals surface area contributed by atoms with Gasteiger partial charge in [0, 0.05) is 12.5 Å². The van der Waals surface area contributed by atoms with Crippen LogP contribution in [0.15, 0.2) is 12.2 Å². The summed E-state index contributed by atoms with van der Waals surface area (Å²) in [5, 5.41) is 11.2. The molecule has 2 N–H and O–H groups in total. The van der Waals surface area contributed by atoms with Crippen molar-refractivity contribution in [3.63, 3.8) is 0 Å². The number of hydrogen-bond donors (Lipinski definition) is 2. The fourth-order valence-corrected chi connectivity index (χ4v) is 1.45. The van der Waals surface area contributed by atoms with Crippen LogP contribution >= 0.6 is 0 Å². The van der Waals surface area contributed by atoms with Crippen molar-refractivity contribution in [2.75, 3.05) is 0 Å². The number of aliphatic carboxylic acids is 1. The minimum absolute atomic E-state index is 0.0789. The summed E-state index contributed by atoms with van der Waals surface area (Å²) in [5.41, 5.74) is 0. The zero-order chi connectivity index (χ0) is 10.4. The quantitative estimate of drug-likeness (QED) is 0.662. The Kier molecular flexibility index (Phi) is 4.16. The van der Waals surface area contributed by atoms with Gasteiger partial charge in [0.05, 0.1) is 6.42 Å². The first-order chi connectivity index (χ1) is 6.68. The molecule has 0 heterocycles. The number of nitrogens with one attached hydrogen (secondary N) is 1. The van der Waals surface area contributed by atoms with Crippen LogP contribution in [0.25, 0.3) is 0 Å². The highest BCUT2D eigenvalue weighted by Gasteiger charge is 2.13. The maximum atomic E-state index is 11.2. The van der Waals surface area contributed by atoms with E-state index in [1.165, 1.54) is 0 Å². The number of carbonyl (C=O) groups excluding carboxylic acids is 1. The Morgan fingerprint density at radius 3 is 2.71 bits per heavy atom. The van der Waals surface area contributed by atoms with Crippen LogP contribution in [0.3, 0.4) is 0 Å². The molecule has 1 aliphatic carbocycles. The van der Waals surface area contributed by atoms with E-state index in [0.29, 0.717) is 0 Å². The molecule has 0 bridgehead atoms. The van der Waals surface area contributed by atoms with Gasteiger partial charge in [-0.3, -0.25) is 9.59 Å². The van der Waals surface area contributed by atoms with Gasteiger partial charge in [0.15, 0.2) is 0 Å². The summed E-state index contributed by atoms with van der Waals surface area (Å²) in [4.78, 5) is 21.4. The molecule has 1 aliphatic rings. The highest BCUT2D eigenvalue weighted by Crippen LogP contribution is 2.10. The van der Waals surface area contributed by atoms with Crippen molar-refractivity contribution in [1.29, 1.82) is 0 Å². The smallest absolute Gasteiger partial charge is 0.303 e. The van der Waals surface area contributed by atoms with Gasteiger partial charge >= 0.3 is 5.97 Å². The van der Waals surface area contributed by atoms with E-state index in [0.717, 1.165) is 19.3 Å². The van der Waals surface area contributed by atoms with E-state index in [9.17, 15) is 9.59 Å². The molecule has 0 aromatic heterocycles. The zero-order valence-corrected chi connectivity index (χ0v) is 8.03. The molecule has 0 saturated carbocycles. The number of carboxylic acid groups (broad SMARTS) is 1. The molecule has 0 radical (unpaired) electrons. The van der Waals surface area contributed by atoms with Crippen LogP contribution < -0.4 is 5.32 Å². The number of rotatable bonds is 4. The average Bonchev–Trinajstić information content (AvgIpc) is 2.16. The fourth-order valence-electron chi connectivity index (χ4n) is 1.45. The third kappa shape index (κ3) is 4.07. The summed E-state index contributed by atoms with van der Waals surface area (Å²) in [6.45, 7) is 0. The number of hydrogen-bond acceptors (Lipinski definition) is 2. The SMILES string of the molecule is O=C(O)CCC(=O)NC1CC=CCC1. The summed E-state index contributed by atoms with van der Waals surface area (Å²) < 4.78 is 0. The summed E-state index contributed by atoms with van der Waals surface area (Å²) in [7, 11) is 0. The molecule has 1 unspecified atom stereocenters. The molecule has 4 nitrogen and oxygen atoms in total. The first-order valence-electron chi connectivity index (χ1n) is 4.84. The molecule has 1 amide bonds. The van der Waals surface area contributed by atoms with Crippen LogP contribution in [0.5, 0.6) is 0 Å². The van der Waals surface area contributed by atoms with Crippen molar-refractivity contribution in [3.8, 4) is 0 Å². The second-order valence-corrected chi connectivity index (χ2v) is 3.44. The van der Waals surface area contributed by atoms with Crippen molar-refractivity contribution >= 4 is 11.9 Å². The number of allylic oxidation sites excluding steroid dienone is 1. The highest BCUT2D eigenvalue weighted by molar-refractivity contribution is 5.80. The predicted octanol–water partition coefficient (Wildman–Crippen LogP) is 1.08. The van der Waals surface area contributed by atoms with E-state index in [4.69, 9.17) is 5.11 Å². The van der Waals surface area contributed by atoms with Gasteiger partial charge in [-0.05, 0) is 19.3 Å².